The lowest BCUT2D eigenvalue weighted by molar-refractivity contribution is -0.121. The third-order valence-electron chi connectivity index (χ3n) is 8.33. The van der Waals surface area contributed by atoms with Crippen LogP contribution in [0.25, 0.3) is 6.08 Å². The molecule has 4 aromatic carbocycles. The highest BCUT2D eigenvalue weighted by atomic mass is 35.5. The number of para-hydroxylation sites is 1. The summed E-state index contributed by atoms with van der Waals surface area (Å²) in [5.74, 6) is -2.64. The van der Waals surface area contributed by atoms with Gasteiger partial charge in [-0.25, -0.2) is 4.39 Å². The average molecular weight is 549 g/mol. The van der Waals surface area contributed by atoms with E-state index in [1.54, 1.807) is 42.5 Å². The Morgan fingerprint density at radius 3 is 2.33 bits per heavy atom. The van der Waals surface area contributed by atoms with E-state index in [9.17, 15) is 18.8 Å². The molecule has 3 aliphatic rings. The normalized spacial score (nSPS) is 23.9. The van der Waals surface area contributed by atoms with Gasteiger partial charge in [-0.3, -0.25) is 14.4 Å². The van der Waals surface area contributed by atoms with Crippen LogP contribution in [0.3, 0.4) is 0 Å². The summed E-state index contributed by atoms with van der Waals surface area (Å²) in [5.41, 5.74) is 1.98. The predicted molar refractivity (Wildman–Crippen MR) is 152 cm³/mol. The molecule has 0 radical (unpaired) electrons. The zero-order valence-corrected chi connectivity index (χ0v) is 21.8. The van der Waals surface area contributed by atoms with E-state index in [-0.39, 0.29) is 17.3 Å². The molecule has 0 aliphatic carbocycles. The van der Waals surface area contributed by atoms with Gasteiger partial charge in [-0.15, -0.1) is 0 Å². The van der Waals surface area contributed by atoms with Crippen LogP contribution in [0.15, 0.2) is 103 Å². The lowest BCUT2D eigenvalue weighted by atomic mass is 9.64. The molecule has 4 aromatic rings. The van der Waals surface area contributed by atoms with Gasteiger partial charge in [0.1, 0.15) is 17.3 Å². The molecule has 7 rings (SSSR count). The fraction of sp³-hybridized carbons (Fsp3) is 0.121. The van der Waals surface area contributed by atoms with Gasteiger partial charge in [-0.05, 0) is 59.7 Å². The van der Waals surface area contributed by atoms with Crippen molar-refractivity contribution in [2.75, 3.05) is 10.2 Å². The molecular weight excluding hydrogens is 527 g/mol. The summed E-state index contributed by atoms with van der Waals surface area (Å²) in [7, 11) is 0. The highest BCUT2D eigenvalue weighted by Crippen LogP contribution is 2.58. The van der Waals surface area contributed by atoms with Crippen LogP contribution in [-0.4, -0.2) is 29.6 Å². The van der Waals surface area contributed by atoms with Crippen molar-refractivity contribution in [1.29, 1.82) is 0 Å². The number of nitrogens with zero attached hydrogens (tertiary/aromatic N) is 1. The molecule has 1 saturated heterocycles. The van der Waals surface area contributed by atoms with Crippen molar-refractivity contribution >= 4 is 46.5 Å². The molecule has 3 aliphatic heterocycles. The molecule has 0 bridgehead atoms. The minimum absolute atomic E-state index is 0.231. The fourth-order valence-corrected chi connectivity index (χ4v) is 6.90. The second-order valence-corrected chi connectivity index (χ2v) is 10.7. The van der Waals surface area contributed by atoms with Crippen LogP contribution in [0.5, 0.6) is 0 Å². The number of hydrogen-bond acceptors (Lipinski definition) is 4. The largest absolute Gasteiger partial charge is 0.352 e. The Balaban J connectivity index is 1.54. The van der Waals surface area contributed by atoms with Gasteiger partial charge in [-0.2, -0.15) is 0 Å². The van der Waals surface area contributed by atoms with Gasteiger partial charge >= 0.3 is 0 Å². The van der Waals surface area contributed by atoms with E-state index in [2.05, 4.69) is 5.32 Å². The van der Waals surface area contributed by atoms with Crippen molar-refractivity contribution in [2.45, 2.75) is 17.5 Å². The topological polar surface area (TPSA) is 66.5 Å². The molecule has 4 unspecified atom stereocenters. The van der Waals surface area contributed by atoms with Crippen LogP contribution < -0.4 is 10.2 Å². The quantitative estimate of drug-likeness (QED) is 0.302. The summed E-state index contributed by atoms with van der Waals surface area (Å²) < 4.78 is 13.9. The van der Waals surface area contributed by atoms with Crippen molar-refractivity contribution in [2.24, 2.45) is 5.92 Å². The van der Waals surface area contributed by atoms with Crippen molar-refractivity contribution in [3.63, 3.8) is 0 Å². The van der Waals surface area contributed by atoms with Gasteiger partial charge in [0.05, 0.1) is 12.0 Å². The van der Waals surface area contributed by atoms with Crippen LogP contribution in [-0.2, 0) is 10.2 Å². The van der Waals surface area contributed by atoms with Crippen LogP contribution in [0.2, 0.25) is 5.02 Å². The van der Waals surface area contributed by atoms with Crippen LogP contribution >= 0.6 is 11.6 Å². The highest BCUT2D eigenvalue weighted by molar-refractivity contribution is 6.31. The Hall–Kier alpha value is -4.55. The number of Topliss-reactive ketones (excluding diaryl/α,β-unsaturated/α-hetero) is 2. The third kappa shape index (κ3) is 3.36. The van der Waals surface area contributed by atoms with E-state index in [1.807, 2.05) is 47.4 Å². The van der Waals surface area contributed by atoms with E-state index in [0.29, 0.717) is 27.5 Å². The van der Waals surface area contributed by atoms with E-state index >= 15 is 0 Å². The number of rotatable bonds is 4. The molecule has 3 heterocycles. The van der Waals surface area contributed by atoms with E-state index in [1.165, 1.54) is 24.3 Å². The number of ketones is 2. The summed E-state index contributed by atoms with van der Waals surface area (Å²) in [6.07, 6.45) is 3.79. The monoisotopic (exact) mass is 548 g/mol. The summed E-state index contributed by atoms with van der Waals surface area (Å²) in [6.45, 7) is 0. The Kier molecular flexibility index (Phi) is 5.51. The molecule has 1 amide bonds. The van der Waals surface area contributed by atoms with E-state index < -0.39 is 35.0 Å². The van der Waals surface area contributed by atoms with Crippen LogP contribution in [0, 0.1) is 11.7 Å². The number of benzene rings is 4. The van der Waals surface area contributed by atoms with Crippen molar-refractivity contribution < 1.29 is 18.8 Å². The molecule has 0 saturated carbocycles. The average Bonchev–Trinajstić information content (AvgIpc) is 3.45. The molecule has 1 spiro atoms. The lowest BCUT2D eigenvalue weighted by Gasteiger charge is -2.37. The summed E-state index contributed by atoms with van der Waals surface area (Å²) in [5, 5.41) is 3.53. The Labute approximate surface area is 234 Å². The molecule has 40 heavy (non-hydrogen) atoms. The zero-order chi connectivity index (χ0) is 27.6. The maximum Gasteiger partial charge on any atom is 0.238 e. The molecule has 0 aromatic heterocycles. The fourth-order valence-electron chi connectivity index (χ4n) is 6.72. The number of amides is 1. The van der Waals surface area contributed by atoms with Crippen molar-refractivity contribution in [1.82, 2.24) is 0 Å². The summed E-state index contributed by atoms with van der Waals surface area (Å²) in [6, 6.07) is 25.0. The van der Waals surface area contributed by atoms with Gasteiger partial charge in [0.2, 0.25) is 5.91 Å². The summed E-state index contributed by atoms with van der Waals surface area (Å²) in [4.78, 5) is 45.3. The van der Waals surface area contributed by atoms with Crippen molar-refractivity contribution in [3.8, 4) is 0 Å². The molecule has 196 valence electrons. The Morgan fingerprint density at radius 2 is 1.55 bits per heavy atom. The maximum absolute atomic E-state index is 14.6. The first-order chi connectivity index (χ1) is 19.4. The molecule has 7 heteroatoms. The second kappa shape index (κ2) is 9.00. The SMILES string of the molecule is O=C(c1ccccc1)C1C(C(=O)c2ccc(F)cc2)C2(C(=O)Nc3ccccc32)C2C=Cc3cc(Cl)ccc3N12. The first kappa shape index (κ1) is 24.5. The predicted octanol–water partition coefficient (Wildman–Crippen LogP) is 6.34. The molecule has 5 nitrogen and oxygen atoms in total. The Morgan fingerprint density at radius 1 is 0.850 bits per heavy atom. The minimum Gasteiger partial charge on any atom is -0.352 e. The number of hydrogen-bond donors (Lipinski definition) is 1. The number of carbonyl (C=O) groups is 3. The number of carbonyl (C=O) groups excluding carboxylic acids is 3. The van der Waals surface area contributed by atoms with Gasteiger partial charge in [0.15, 0.2) is 11.6 Å². The van der Waals surface area contributed by atoms with Crippen LogP contribution in [0.1, 0.15) is 31.8 Å². The zero-order valence-electron chi connectivity index (χ0n) is 21.1. The third-order valence-corrected chi connectivity index (χ3v) is 8.57. The second-order valence-electron chi connectivity index (χ2n) is 10.3. The summed E-state index contributed by atoms with van der Waals surface area (Å²) >= 11 is 6.33. The van der Waals surface area contributed by atoms with E-state index in [0.717, 1.165) is 5.56 Å². The van der Waals surface area contributed by atoms with Crippen LogP contribution in [0.4, 0.5) is 15.8 Å². The number of halogens is 2. The highest BCUT2D eigenvalue weighted by Gasteiger charge is 2.70. The van der Waals surface area contributed by atoms with Gasteiger partial charge < -0.3 is 10.2 Å². The Bertz CT molecular complexity index is 1740. The van der Waals surface area contributed by atoms with Gasteiger partial charge in [0.25, 0.3) is 0 Å². The molecule has 4 atom stereocenters. The standard InChI is InChI=1S/C33H22ClFN2O3/c34-22-13-16-26-21(18-22)12-17-27-33(24-8-4-5-9-25(24)36-32(33)40)28(30(38)20-10-14-23(35)15-11-20)29(37(26)27)31(39)19-6-2-1-3-7-19/h1-18,27-29H,(H,36,40). The van der Waals surface area contributed by atoms with Gasteiger partial charge in [-0.1, -0.05) is 72.3 Å². The number of fused-ring (bicyclic) bond motifs is 6. The first-order valence-electron chi connectivity index (χ1n) is 13.0. The number of nitrogens with one attached hydrogen (secondary N) is 1. The lowest BCUT2D eigenvalue weighted by Crippen LogP contribution is -2.51. The maximum atomic E-state index is 14.6. The number of anilines is 2. The van der Waals surface area contributed by atoms with Crippen molar-refractivity contribution in [3.05, 3.63) is 136 Å². The van der Waals surface area contributed by atoms with E-state index in [4.69, 9.17) is 11.6 Å². The minimum atomic E-state index is -1.43. The van der Waals surface area contributed by atoms with Gasteiger partial charge in [0, 0.05) is 27.5 Å². The first-order valence-corrected chi connectivity index (χ1v) is 13.3. The smallest absolute Gasteiger partial charge is 0.238 e. The molecule has 1 N–H and O–H groups in total. The molecular formula is C33H22ClFN2O3. The molecule has 1 fully saturated rings.